The molecule has 1 aromatic heterocycles. The van der Waals surface area contributed by atoms with Crippen LogP contribution >= 0.6 is 23.1 Å². The summed E-state index contributed by atoms with van der Waals surface area (Å²) in [6, 6.07) is 2.54. The number of hydrogen-bond acceptors (Lipinski definition) is 4. The summed E-state index contributed by atoms with van der Waals surface area (Å²) >= 11 is 3.71. The van der Waals surface area contributed by atoms with Gasteiger partial charge in [-0.2, -0.15) is 11.8 Å². The van der Waals surface area contributed by atoms with E-state index >= 15 is 0 Å². The Balaban J connectivity index is 1.79. The second kappa shape index (κ2) is 6.50. The summed E-state index contributed by atoms with van der Waals surface area (Å²) in [4.78, 5) is 17.3. The van der Waals surface area contributed by atoms with E-state index in [9.17, 15) is 4.79 Å². The van der Waals surface area contributed by atoms with Gasteiger partial charge in [-0.25, -0.2) is 0 Å². The fourth-order valence-electron chi connectivity index (χ4n) is 2.99. The lowest BCUT2D eigenvalue weighted by Gasteiger charge is -2.27. The lowest BCUT2D eigenvalue weighted by Crippen LogP contribution is -2.41. The monoisotopic (exact) mass is 310 g/mol. The zero-order valence-corrected chi connectivity index (χ0v) is 13.6. The average molecular weight is 310 g/mol. The quantitative estimate of drug-likeness (QED) is 0.928. The Morgan fingerprint density at radius 3 is 3.15 bits per heavy atom. The van der Waals surface area contributed by atoms with Gasteiger partial charge in [0, 0.05) is 29.8 Å². The van der Waals surface area contributed by atoms with Crippen molar-refractivity contribution in [3.05, 3.63) is 21.4 Å². The van der Waals surface area contributed by atoms with Gasteiger partial charge >= 0.3 is 0 Å². The summed E-state index contributed by atoms with van der Waals surface area (Å²) in [6.07, 6.45) is 3.26. The number of thioether (sulfide) groups is 1. The molecule has 5 heteroatoms. The highest BCUT2D eigenvalue weighted by Gasteiger charge is 2.28. The highest BCUT2D eigenvalue weighted by Crippen LogP contribution is 2.32. The third-order valence-electron chi connectivity index (χ3n) is 4.04. The van der Waals surface area contributed by atoms with Crippen LogP contribution in [-0.2, 0) is 12.2 Å². The van der Waals surface area contributed by atoms with Crippen LogP contribution in [0.1, 0.15) is 39.9 Å². The van der Waals surface area contributed by atoms with Crippen molar-refractivity contribution >= 4 is 29.0 Å². The summed E-state index contributed by atoms with van der Waals surface area (Å²) in [5, 5.41) is 3.37. The Kier molecular flexibility index (Phi) is 4.68. The van der Waals surface area contributed by atoms with E-state index < -0.39 is 0 Å². The first kappa shape index (κ1) is 14.4. The molecule has 0 aromatic carbocycles. The third kappa shape index (κ3) is 2.90. The normalized spacial score (nSPS) is 21.8. The van der Waals surface area contributed by atoms with Gasteiger partial charge in [-0.15, -0.1) is 11.3 Å². The van der Waals surface area contributed by atoms with Crippen molar-refractivity contribution in [3.63, 3.8) is 0 Å². The van der Waals surface area contributed by atoms with Gasteiger partial charge < -0.3 is 10.2 Å². The molecular formula is C15H22N2OS2. The Hall–Kier alpha value is -0.520. The summed E-state index contributed by atoms with van der Waals surface area (Å²) in [6.45, 7) is 5.02. The van der Waals surface area contributed by atoms with Gasteiger partial charge in [0.25, 0.3) is 5.91 Å². The predicted molar refractivity (Wildman–Crippen MR) is 86.8 cm³/mol. The molecule has 0 radical (unpaired) electrons. The van der Waals surface area contributed by atoms with E-state index in [1.54, 1.807) is 11.3 Å². The van der Waals surface area contributed by atoms with Gasteiger partial charge in [0.15, 0.2) is 0 Å². The summed E-state index contributed by atoms with van der Waals surface area (Å²) < 4.78 is 0. The van der Waals surface area contributed by atoms with E-state index in [1.165, 1.54) is 16.2 Å². The largest absolute Gasteiger partial charge is 0.334 e. The second-order valence-electron chi connectivity index (χ2n) is 5.51. The van der Waals surface area contributed by atoms with Crippen molar-refractivity contribution in [1.82, 2.24) is 10.2 Å². The fraction of sp³-hybridized carbons (Fsp3) is 0.667. The van der Waals surface area contributed by atoms with Gasteiger partial charge in [0.1, 0.15) is 0 Å². The number of fused-ring (bicyclic) bond motifs is 1. The third-order valence-corrected chi connectivity index (χ3v) is 6.27. The molecular weight excluding hydrogens is 288 g/mol. The minimum Gasteiger partial charge on any atom is -0.334 e. The molecule has 0 saturated carbocycles. The molecule has 1 amide bonds. The van der Waals surface area contributed by atoms with Crippen LogP contribution in [0.25, 0.3) is 0 Å². The fourth-order valence-corrected chi connectivity index (χ4v) is 5.32. The maximum absolute atomic E-state index is 12.8. The molecule has 1 fully saturated rings. The summed E-state index contributed by atoms with van der Waals surface area (Å²) in [7, 11) is 0. The number of rotatable bonds is 4. The molecule has 1 N–H and O–H groups in total. The van der Waals surface area contributed by atoms with Crippen LogP contribution in [0.2, 0.25) is 0 Å². The van der Waals surface area contributed by atoms with Crippen LogP contribution < -0.4 is 5.32 Å². The van der Waals surface area contributed by atoms with Gasteiger partial charge in [-0.3, -0.25) is 4.79 Å². The molecule has 20 heavy (non-hydrogen) atoms. The van der Waals surface area contributed by atoms with E-state index in [0.29, 0.717) is 6.04 Å². The lowest BCUT2D eigenvalue weighted by atomic mass is 10.2. The number of amides is 1. The molecule has 0 spiro atoms. The van der Waals surface area contributed by atoms with Gasteiger partial charge in [0.2, 0.25) is 0 Å². The number of nitrogens with zero attached hydrogens (tertiary/aromatic N) is 1. The minimum absolute atomic E-state index is 0.255. The standard InChI is InChI=1S/C15H22N2OS2/c1-2-6-17(12-3-5-16-9-12)15(18)14-8-11-10-19-7-4-13(11)20-14/h8,12,16H,2-7,9-10H2,1H3. The molecule has 2 aliphatic heterocycles. The molecule has 1 aromatic rings. The van der Waals surface area contributed by atoms with E-state index in [1.807, 2.05) is 11.8 Å². The second-order valence-corrected chi connectivity index (χ2v) is 7.75. The topological polar surface area (TPSA) is 32.3 Å². The van der Waals surface area contributed by atoms with Crippen molar-refractivity contribution in [2.24, 2.45) is 0 Å². The van der Waals surface area contributed by atoms with Crippen molar-refractivity contribution in [1.29, 1.82) is 0 Å². The lowest BCUT2D eigenvalue weighted by molar-refractivity contribution is 0.0697. The highest BCUT2D eigenvalue weighted by atomic mass is 32.2. The summed E-state index contributed by atoms with van der Waals surface area (Å²) in [5.41, 5.74) is 1.40. The van der Waals surface area contributed by atoms with Gasteiger partial charge in [-0.1, -0.05) is 6.92 Å². The Bertz CT molecular complexity index is 457. The van der Waals surface area contributed by atoms with E-state index in [4.69, 9.17) is 0 Å². The maximum Gasteiger partial charge on any atom is 0.264 e. The molecule has 0 aliphatic carbocycles. The first-order valence-corrected chi connectivity index (χ1v) is 9.47. The number of thiophene rings is 1. The number of aryl methyl sites for hydroxylation is 1. The number of carbonyl (C=O) groups excluding carboxylic acids is 1. The van der Waals surface area contributed by atoms with E-state index in [0.717, 1.165) is 49.5 Å². The van der Waals surface area contributed by atoms with Crippen molar-refractivity contribution in [3.8, 4) is 0 Å². The smallest absolute Gasteiger partial charge is 0.264 e. The van der Waals surface area contributed by atoms with Gasteiger partial charge in [-0.05, 0) is 43.2 Å². The highest BCUT2D eigenvalue weighted by molar-refractivity contribution is 7.98. The van der Waals surface area contributed by atoms with Crippen LogP contribution in [0.4, 0.5) is 0 Å². The molecule has 2 aliphatic rings. The number of hydrogen-bond donors (Lipinski definition) is 1. The van der Waals surface area contributed by atoms with Crippen molar-refractivity contribution < 1.29 is 4.79 Å². The predicted octanol–water partition coefficient (Wildman–Crippen LogP) is 2.75. The van der Waals surface area contributed by atoms with Crippen LogP contribution in [0.3, 0.4) is 0 Å². The Morgan fingerprint density at radius 1 is 1.55 bits per heavy atom. The molecule has 3 heterocycles. The zero-order valence-electron chi connectivity index (χ0n) is 12.0. The molecule has 110 valence electrons. The van der Waals surface area contributed by atoms with Gasteiger partial charge in [0.05, 0.1) is 4.88 Å². The molecule has 1 atom stereocenters. The number of carbonyl (C=O) groups is 1. The van der Waals surface area contributed by atoms with Crippen LogP contribution in [0.5, 0.6) is 0 Å². The summed E-state index contributed by atoms with van der Waals surface area (Å²) in [5.74, 6) is 2.54. The molecule has 1 unspecified atom stereocenters. The van der Waals surface area contributed by atoms with Crippen LogP contribution in [0, 0.1) is 0 Å². The zero-order chi connectivity index (χ0) is 13.9. The van der Waals surface area contributed by atoms with Crippen LogP contribution in [0.15, 0.2) is 6.07 Å². The van der Waals surface area contributed by atoms with E-state index in [2.05, 4.69) is 23.2 Å². The first-order valence-electron chi connectivity index (χ1n) is 7.50. The average Bonchev–Trinajstić information content (AvgIpc) is 3.12. The SMILES string of the molecule is CCCN(C(=O)c1cc2c(s1)CCSC2)C1CCNC1. The first-order chi connectivity index (χ1) is 9.79. The Labute approximate surface area is 129 Å². The van der Waals surface area contributed by atoms with Crippen LogP contribution in [-0.4, -0.2) is 42.2 Å². The Morgan fingerprint density at radius 2 is 2.45 bits per heavy atom. The molecule has 3 rings (SSSR count). The maximum atomic E-state index is 12.8. The van der Waals surface area contributed by atoms with Crippen molar-refractivity contribution in [2.45, 2.75) is 38.0 Å². The van der Waals surface area contributed by atoms with Crippen molar-refractivity contribution in [2.75, 3.05) is 25.4 Å². The molecule has 3 nitrogen and oxygen atoms in total. The van der Waals surface area contributed by atoms with E-state index in [-0.39, 0.29) is 5.91 Å². The minimum atomic E-state index is 0.255. The number of nitrogens with one attached hydrogen (secondary N) is 1. The molecule has 0 bridgehead atoms. The molecule has 1 saturated heterocycles.